The molecule has 0 unspecified atom stereocenters. The number of benzene rings is 1. The van der Waals surface area contributed by atoms with Crippen LogP contribution in [-0.2, 0) is 14.4 Å². The zero-order chi connectivity index (χ0) is 13.3. The van der Waals surface area contributed by atoms with Crippen molar-refractivity contribution in [1.29, 1.82) is 0 Å². The average molecular weight is 245 g/mol. The topological polar surface area (TPSA) is 94.3 Å². The highest BCUT2D eigenvalue weighted by molar-refractivity contribution is 6.53. The highest BCUT2D eigenvalue weighted by Crippen LogP contribution is 2.24. The number of carbonyl (C=O) groups is 3. The lowest BCUT2D eigenvalue weighted by Gasteiger charge is -2.10. The van der Waals surface area contributed by atoms with Crippen molar-refractivity contribution >= 4 is 28.6 Å². The summed E-state index contributed by atoms with van der Waals surface area (Å²) in [5, 5.41) is 10.6. The minimum atomic E-state index is -0.755. The number of rotatable bonds is 2. The molecule has 18 heavy (non-hydrogen) atoms. The van der Waals surface area contributed by atoms with Crippen molar-refractivity contribution in [1.82, 2.24) is 0 Å². The van der Waals surface area contributed by atoms with Gasteiger partial charge in [0, 0.05) is 23.8 Å². The van der Waals surface area contributed by atoms with Gasteiger partial charge in [0.1, 0.15) is 0 Å². The number of ketones is 3. The summed E-state index contributed by atoms with van der Waals surface area (Å²) in [6.07, 6.45) is 0.459. The van der Waals surface area contributed by atoms with E-state index < -0.39 is 28.7 Å². The number of hydrogen-bond donors (Lipinski definition) is 0. The fraction of sp³-hybridized carbons (Fsp3) is 0.0833. The molecule has 0 fully saturated rings. The second kappa shape index (κ2) is 4.33. The van der Waals surface area contributed by atoms with Crippen molar-refractivity contribution < 1.29 is 19.3 Å². The number of allylic oxidation sites excluding steroid dienone is 2. The van der Waals surface area contributed by atoms with Crippen LogP contribution in [0, 0.1) is 10.1 Å². The second-order valence-electron chi connectivity index (χ2n) is 3.75. The molecular formula is C12H7NO5. The van der Waals surface area contributed by atoms with Crippen LogP contribution < -0.4 is 0 Å². The summed E-state index contributed by atoms with van der Waals surface area (Å²) in [6.45, 7) is 0. The summed E-state index contributed by atoms with van der Waals surface area (Å²) in [6, 6.07) is 5.39. The van der Waals surface area contributed by atoms with Crippen LogP contribution in [0.3, 0.4) is 0 Å². The van der Waals surface area contributed by atoms with E-state index in [2.05, 4.69) is 0 Å². The van der Waals surface area contributed by atoms with Gasteiger partial charge < -0.3 is 0 Å². The maximum Gasteiger partial charge on any atom is 0.270 e. The molecule has 0 spiro atoms. The van der Waals surface area contributed by atoms with Crippen LogP contribution in [0.25, 0.3) is 5.57 Å². The van der Waals surface area contributed by atoms with Crippen molar-refractivity contribution in [3.63, 3.8) is 0 Å². The molecule has 6 heteroatoms. The number of Topliss-reactive ketones (excluding diaryl/α,β-unsaturated/α-hetero) is 2. The summed E-state index contributed by atoms with van der Waals surface area (Å²) in [5.74, 6) is -2.01. The van der Waals surface area contributed by atoms with Crippen molar-refractivity contribution in [2.45, 2.75) is 6.42 Å². The Morgan fingerprint density at radius 1 is 1.11 bits per heavy atom. The fourth-order valence-electron chi connectivity index (χ4n) is 1.65. The maximum atomic E-state index is 11.6. The van der Waals surface area contributed by atoms with Crippen LogP contribution in [-0.4, -0.2) is 22.3 Å². The van der Waals surface area contributed by atoms with Crippen LogP contribution in [0.5, 0.6) is 0 Å². The minimum absolute atomic E-state index is 0.0447. The average Bonchev–Trinajstić information content (AvgIpc) is 2.34. The first kappa shape index (κ1) is 11.8. The van der Waals surface area contributed by atoms with E-state index >= 15 is 0 Å². The minimum Gasteiger partial charge on any atom is -0.294 e. The van der Waals surface area contributed by atoms with Gasteiger partial charge in [-0.05, 0) is 5.56 Å². The smallest absolute Gasteiger partial charge is 0.270 e. The van der Waals surface area contributed by atoms with Crippen molar-refractivity contribution in [3.8, 4) is 0 Å². The van der Waals surface area contributed by atoms with Gasteiger partial charge in [-0.2, -0.15) is 0 Å². The molecule has 0 bridgehead atoms. The fourth-order valence-corrected chi connectivity index (χ4v) is 1.65. The molecule has 0 aliphatic heterocycles. The number of nitro benzene ring substituents is 1. The lowest BCUT2D eigenvalue weighted by molar-refractivity contribution is -0.384. The Balaban J connectivity index is 2.49. The van der Waals surface area contributed by atoms with E-state index in [1.54, 1.807) is 0 Å². The summed E-state index contributed by atoms with van der Waals surface area (Å²) in [7, 11) is 0. The summed E-state index contributed by atoms with van der Waals surface area (Å²) >= 11 is 0. The molecular weight excluding hydrogens is 238 g/mol. The third-order valence-corrected chi connectivity index (χ3v) is 2.54. The first-order valence-electron chi connectivity index (χ1n) is 5.06. The van der Waals surface area contributed by atoms with Crippen molar-refractivity contribution in [3.05, 3.63) is 46.0 Å². The zero-order valence-electron chi connectivity index (χ0n) is 9.08. The molecule has 90 valence electrons. The molecule has 0 heterocycles. The predicted molar refractivity (Wildman–Crippen MR) is 60.7 cm³/mol. The van der Waals surface area contributed by atoms with Crippen LogP contribution in [0.15, 0.2) is 30.3 Å². The van der Waals surface area contributed by atoms with E-state index in [1.807, 2.05) is 0 Å². The number of nitrogens with zero attached hydrogens (tertiary/aromatic N) is 1. The quantitative estimate of drug-likeness (QED) is 0.336. The monoisotopic (exact) mass is 245 g/mol. The van der Waals surface area contributed by atoms with Gasteiger partial charge in [-0.15, -0.1) is 0 Å². The van der Waals surface area contributed by atoms with E-state index in [9.17, 15) is 24.5 Å². The Morgan fingerprint density at radius 3 is 2.50 bits per heavy atom. The van der Waals surface area contributed by atoms with Gasteiger partial charge in [0.2, 0.25) is 11.6 Å². The number of carbonyl (C=O) groups excluding carboxylic acids is 3. The Labute approximate surface area is 101 Å². The van der Waals surface area contributed by atoms with E-state index in [4.69, 9.17) is 0 Å². The van der Waals surface area contributed by atoms with E-state index in [0.29, 0.717) is 0 Å². The molecule has 2 rings (SSSR count). The molecule has 0 aromatic heterocycles. The molecule has 1 aliphatic rings. The molecule has 6 nitrogen and oxygen atoms in total. The Bertz CT molecular complexity index is 615. The van der Waals surface area contributed by atoms with Crippen LogP contribution in [0.2, 0.25) is 0 Å². The highest BCUT2D eigenvalue weighted by atomic mass is 16.6. The molecule has 0 amide bonds. The molecule has 1 aromatic rings. The van der Waals surface area contributed by atoms with E-state index in [0.717, 1.165) is 6.08 Å². The van der Waals surface area contributed by atoms with Gasteiger partial charge in [-0.25, -0.2) is 0 Å². The zero-order valence-corrected chi connectivity index (χ0v) is 9.08. The number of non-ortho nitro benzene ring substituents is 1. The van der Waals surface area contributed by atoms with E-state index in [-0.39, 0.29) is 16.8 Å². The normalized spacial score (nSPS) is 15.6. The first-order chi connectivity index (χ1) is 8.49. The van der Waals surface area contributed by atoms with Crippen LogP contribution in [0.4, 0.5) is 5.69 Å². The molecule has 1 aromatic carbocycles. The number of nitro groups is 1. The van der Waals surface area contributed by atoms with Gasteiger partial charge in [0.15, 0.2) is 5.78 Å². The third-order valence-electron chi connectivity index (χ3n) is 2.54. The summed E-state index contributed by atoms with van der Waals surface area (Å²) in [5.41, 5.74) is 0.142. The molecule has 1 aliphatic carbocycles. The maximum absolute atomic E-state index is 11.6. The SMILES string of the molecule is O=C1C=C(c2cccc([N+](=O)[O-])c2)C(=O)CC1=O. The second-order valence-corrected chi connectivity index (χ2v) is 3.75. The van der Waals surface area contributed by atoms with Crippen LogP contribution >= 0.6 is 0 Å². The standard InChI is InChI=1S/C12H7NO5/c14-10-6-12(16)11(15)5-9(10)7-2-1-3-8(4-7)13(17)18/h1-5H,6H2. The van der Waals surface area contributed by atoms with Crippen LogP contribution in [0.1, 0.15) is 12.0 Å². The molecule has 0 radical (unpaired) electrons. The lowest BCUT2D eigenvalue weighted by atomic mass is 9.91. The van der Waals surface area contributed by atoms with Gasteiger partial charge in [-0.3, -0.25) is 24.5 Å². The predicted octanol–water partition coefficient (Wildman–Crippen LogP) is 1.09. The third kappa shape index (κ3) is 2.08. The highest BCUT2D eigenvalue weighted by Gasteiger charge is 2.27. The van der Waals surface area contributed by atoms with Gasteiger partial charge in [0.25, 0.3) is 5.69 Å². The van der Waals surface area contributed by atoms with Crippen molar-refractivity contribution in [2.75, 3.05) is 0 Å². The van der Waals surface area contributed by atoms with Gasteiger partial charge in [0.05, 0.1) is 11.3 Å². The molecule has 0 saturated carbocycles. The molecule has 0 saturated heterocycles. The Morgan fingerprint density at radius 2 is 1.83 bits per heavy atom. The van der Waals surface area contributed by atoms with E-state index in [1.165, 1.54) is 24.3 Å². The summed E-state index contributed by atoms with van der Waals surface area (Å²) < 4.78 is 0. The molecule has 0 atom stereocenters. The lowest BCUT2D eigenvalue weighted by Crippen LogP contribution is -2.23. The largest absolute Gasteiger partial charge is 0.294 e. The summed E-state index contributed by atoms with van der Waals surface area (Å²) in [4.78, 5) is 43.9. The number of hydrogen-bond acceptors (Lipinski definition) is 5. The van der Waals surface area contributed by atoms with Crippen molar-refractivity contribution in [2.24, 2.45) is 0 Å². The van der Waals surface area contributed by atoms with Gasteiger partial charge in [-0.1, -0.05) is 12.1 Å². The Hall–Kier alpha value is -2.63. The first-order valence-corrected chi connectivity index (χ1v) is 5.06. The van der Waals surface area contributed by atoms with Gasteiger partial charge >= 0.3 is 0 Å². The Kier molecular flexibility index (Phi) is 2.85. The molecule has 0 N–H and O–H groups in total.